The topological polar surface area (TPSA) is 40.5 Å². The molecule has 1 fully saturated rings. The lowest BCUT2D eigenvalue weighted by Gasteiger charge is -2.26. The van der Waals surface area contributed by atoms with Crippen LogP contribution < -0.4 is 0 Å². The van der Waals surface area contributed by atoms with Crippen molar-refractivity contribution in [2.75, 3.05) is 19.0 Å². The first-order chi connectivity index (χ1) is 8.74. The van der Waals surface area contributed by atoms with Crippen molar-refractivity contribution in [3.63, 3.8) is 0 Å². The zero-order valence-corrected chi connectivity index (χ0v) is 11.0. The van der Waals surface area contributed by atoms with Crippen LogP contribution in [0.15, 0.2) is 30.3 Å². The van der Waals surface area contributed by atoms with Gasteiger partial charge in [0.15, 0.2) is 0 Å². The second-order valence-corrected chi connectivity index (χ2v) is 5.11. The van der Waals surface area contributed by atoms with E-state index in [9.17, 15) is 9.90 Å². The number of aliphatic hydroxyl groups excluding tert-OH is 1. The number of halogens is 1. The molecule has 3 nitrogen and oxygen atoms in total. The van der Waals surface area contributed by atoms with Crippen LogP contribution in [-0.4, -0.2) is 41.0 Å². The lowest BCUT2D eigenvalue weighted by atomic mass is 10.1. The summed E-state index contributed by atoms with van der Waals surface area (Å²) in [6.07, 6.45) is 1.20. The zero-order valence-electron chi connectivity index (χ0n) is 10.3. The summed E-state index contributed by atoms with van der Waals surface area (Å²) >= 11 is 5.81. The Morgan fingerprint density at radius 3 is 2.67 bits per heavy atom. The third-order valence-corrected chi connectivity index (χ3v) is 3.86. The molecule has 1 heterocycles. The number of benzene rings is 1. The van der Waals surface area contributed by atoms with Gasteiger partial charge in [0.1, 0.15) is 0 Å². The predicted molar refractivity (Wildman–Crippen MR) is 71.6 cm³/mol. The molecule has 1 aromatic rings. The first-order valence-electron chi connectivity index (χ1n) is 6.24. The van der Waals surface area contributed by atoms with E-state index in [-0.39, 0.29) is 24.5 Å². The molecule has 2 unspecified atom stereocenters. The first-order valence-corrected chi connectivity index (χ1v) is 6.78. The van der Waals surface area contributed by atoms with Gasteiger partial charge in [-0.1, -0.05) is 30.3 Å². The van der Waals surface area contributed by atoms with E-state index in [2.05, 4.69) is 0 Å². The van der Waals surface area contributed by atoms with Gasteiger partial charge >= 0.3 is 0 Å². The second-order valence-electron chi connectivity index (χ2n) is 4.80. The van der Waals surface area contributed by atoms with Gasteiger partial charge in [-0.2, -0.15) is 0 Å². The minimum absolute atomic E-state index is 0.00433. The molecule has 1 aliphatic heterocycles. The van der Waals surface area contributed by atoms with Crippen molar-refractivity contribution in [2.24, 2.45) is 5.92 Å². The number of rotatable bonds is 5. The van der Waals surface area contributed by atoms with Crippen molar-refractivity contribution in [1.82, 2.24) is 4.90 Å². The number of likely N-dealkylation sites (tertiary alicyclic amines) is 1. The normalized spacial score (nSPS) is 21.3. The maximum Gasteiger partial charge on any atom is 0.223 e. The van der Waals surface area contributed by atoms with Gasteiger partial charge in [-0.25, -0.2) is 0 Å². The molecule has 1 aromatic carbocycles. The van der Waals surface area contributed by atoms with Gasteiger partial charge in [0.2, 0.25) is 5.91 Å². The smallest absolute Gasteiger partial charge is 0.223 e. The van der Waals surface area contributed by atoms with Gasteiger partial charge in [-0.3, -0.25) is 4.79 Å². The number of hydrogen-bond donors (Lipinski definition) is 1. The number of nitrogens with zero attached hydrogens (tertiary/aromatic N) is 1. The summed E-state index contributed by atoms with van der Waals surface area (Å²) in [7, 11) is 0. The Kier molecular flexibility index (Phi) is 4.61. The number of amides is 1. The van der Waals surface area contributed by atoms with Gasteiger partial charge in [-0.15, -0.1) is 11.6 Å². The van der Waals surface area contributed by atoms with Crippen molar-refractivity contribution in [3.8, 4) is 0 Å². The molecule has 1 aliphatic rings. The minimum Gasteiger partial charge on any atom is -0.394 e. The number of aliphatic hydroxyl groups is 1. The third-order valence-electron chi connectivity index (χ3n) is 3.42. The molecule has 1 amide bonds. The van der Waals surface area contributed by atoms with E-state index in [0.717, 1.165) is 5.56 Å². The number of alkyl halides is 1. The van der Waals surface area contributed by atoms with E-state index in [4.69, 9.17) is 11.6 Å². The summed E-state index contributed by atoms with van der Waals surface area (Å²) in [6, 6.07) is 9.80. The maximum absolute atomic E-state index is 11.9. The van der Waals surface area contributed by atoms with E-state index in [1.165, 1.54) is 0 Å². The molecule has 1 N–H and O–H groups in total. The maximum atomic E-state index is 11.9. The lowest BCUT2D eigenvalue weighted by molar-refractivity contribution is -0.130. The molecule has 0 saturated carbocycles. The van der Waals surface area contributed by atoms with Crippen LogP contribution in [0.2, 0.25) is 0 Å². The van der Waals surface area contributed by atoms with Gasteiger partial charge in [0, 0.05) is 18.8 Å². The Bertz CT molecular complexity index is 396. The van der Waals surface area contributed by atoms with Crippen LogP contribution in [0.4, 0.5) is 0 Å². The fourth-order valence-corrected chi connectivity index (χ4v) is 2.63. The fourth-order valence-electron chi connectivity index (χ4n) is 2.42. The highest BCUT2D eigenvalue weighted by Gasteiger charge is 2.33. The summed E-state index contributed by atoms with van der Waals surface area (Å²) in [4.78, 5) is 13.7. The Balaban J connectivity index is 2.03. The number of hydrogen-bond acceptors (Lipinski definition) is 2. The number of carbonyl (C=O) groups excluding carboxylic acids is 1. The molecule has 0 spiro atoms. The molecule has 0 aromatic heterocycles. The quantitative estimate of drug-likeness (QED) is 0.825. The third kappa shape index (κ3) is 3.03. The van der Waals surface area contributed by atoms with Gasteiger partial charge in [-0.05, 0) is 17.9 Å². The monoisotopic (exact) mass is 267 g/mol. The van der Waals surface area contributed by atoms with Crippen LogP contribution in [-0.2, 0) is 11.2 Å². The summed E-state index contributed by atoms with van der Waals surface area (Å²) in [5.74, 6) is 0.839. The van der Waals surface area contributed by atoms with Crippen LogP contribution in [0.3, 0.4) is 0 Å². The molecule has 1 saturated heterocycles. The van der Waals surface area contributed by atoms with Gasteiger partial charge in [0.25, 0.3) is 0 Å². The van der Waals surface area contributed by atoms with Crippen molar-refractivity contribution in [1.29, 1.82) is 0 Å². The Morgan fingerprint density at radius 2 is 2.11 bits per heavy atom. The van der Waals surface area contributed by atoms with Crippen LogP contribution in [0.1, 0.15) is 12.0 Å². The van der Waals surface area contributed by atoms with E-state index in [0.29, 0.717) is 25.3 Å². The fraction of sp³-hybridized carbons (Fsp3) is 0.500. The highest BCUT2D eigenvalue weighted by atomic mass is 35.5. The van der Waals surface area contributed by atoms with E-state index in [1.807, 2.05) is 30.3 Å². The summed E-state index contributed by atoms with van der Waals surface area (Å²) in [5.41, 5.74) is 1.14. The summed E-state index contributed by atoms with van der Waals surface area (Å²) in [5, 5.41) is 9.50. The minimum atomic E-state index is -0.131. The SMILES string of the molecule is O=C1CC(CCl)CN1C(CO)Cc1ccccc1. The van der Waals surface area contributed by atoms with Crippen LogP contribution in [0.25, 0.3) is 0 Å². The number of carbonyl (C=O) groups is 1. The molecule has 2 rings (SSSR count). The largest absolute Gasteiger partial charge is 0.394 e. The zero-order chi connectivity index (χ0) is 13.0. The summed E-state index contributed by atoms with van der Waals surface area (Å²) in [6.45, 7) is 0.663. The highest BCUT2D eigenvalue weighted by molar-refractivity contribution is 6.18. The van der Waals surface area contributed by atoms with E-state index >= 15 is 0 Å². The molecular formula is C14H18ClNO2. The van der Waals surface area contributed by atoms with Crippen molar-refractivity contribution >= 4 is 17.5 Å². The van der Waals surface area contributed by atoms with E-state index < -0.39 is 0 Å². The van der Waals surface area contributed by atoms with E-state index in [1.54, 1.807) is 4.90 Å². The lowest BCUT2D eigenvalue weighted by Crippen LogP contribution is -2.40. The van der Waals surface area contributed by atoms with Crippen molar-refractivity contribution in [3.05, 3.63) is 35.9 Å². The first kappa shape index (κ1) is 13.4. The molecule has 18 heavy (non-hydrogen) atoms. The molecule has 2 atom stereocenters. The van der Waals surface area contributed by atoms with Gasteiger partial charge < -0.3 is 10.0 Å². The second kappa shape index (κ2) is 6.21. The van der Waals surface area contributed by atoms with Gasteiger partial charge in [0.05, 0.1) is 12.6 Å². The van der Waals surface area contributed by atoms with Crippen LogP contribution in [0.5, 0.6) is 0 Å². The Morgan fingerprint density at radius 1 is 1.39 bits per heavy atom. The standard InChI is InChI=1S/C14H18ClNO2/c15-8-12-7-14(18)16(9-12)13(10-17)6-11-4-2-1-3-5-11/h1-5,12-13,17H,6-10H2. The van der Waals surface area contributed by atoms with Crippen LogP contribution >= 0.6 is 11.6 Å². The highest BCUT2D eigenvalue weighted by Crippen LogP contribution is 2.22. The molecular weight excluding hydrogens is 250 g/mol. The van der Waals surface area contributed by atoms with Crippen molar-refractivity contribution < 1.29 is 9.90 Å². The molecule has 98 valence electrons. The molecule has 4 heteroatoms. The Hall–Kier alpha value is -1.06. The van der Waals surface area contributed by atoms with Crippen LogP contribution in [0, 0.1) is 5.92 Å². The average Bonchev–Trinajstić information content (AvgIpc) is 2.78. The average molecular weight is 268 g/mol. The molecule has 0 radical (unpaired) electrons. The molecule has 0 aliphatic carbocycles. The molecule has 0 bridgehead atoms. The summed E-state index contributed by atoms with van der Waals surface area (Å²) < 4.78 is 0. The predicted octanol–water partition coefficient (Wildman–Crippen LogP) is 1.68. The van der Waals surface area contributed by atoms with Crippen molar-refractivity contribution in [2.45, 2.75) is 18.9 Å². The Labute approximate surface area is 112 Å².